The van der Waals surface area contributed by atoms with Crippen molar-refractivity contribution in [2.45, 2.75) is 20.3 Å². The molecule has 3 N–H and O–H groups in total. The van der Waals surface area contributed by atoms with E-state index < -0.39 is 0 Å². The predicted molar refractivity (Wildman–Crippen MR) is 106 cm³/mol. The first-order valence-corrected chi connectivity index (χ1v) is 7.61. The number of guanidine groups is 1. The Labute approximate surface area is 155 Å². The number of nitrogens with one attached hydrogen (secondary N) is 1. The summed E-state index contributed by atoms with van der Waals surface area (Å²) in [6, 6.07) is 5.40. The van der Waals surface area contributed by atoms with Crippen LogP contribution in [-0.4, -0.2) is 44.1 Å². The average molecular weight is 441 g/mol. The summed E-state index contributed by atoms with van der Waals surface area (Å²) in [7, 11) is 1.58. The molecule has 0 fully saturated rings. The number of rotatable bonds is 8. The Kier molecular flexibility index (Phi) is 11.4. The van der Waals surface area contributed by atoms with E-state index in [2.05, 4.69) is 29.1 Å². The van der Waals surface area contributed by atoms with Crippen LogP contribution in [0.2, 0.25) is 5.02 Å². The van der Waals surface area contributed by atoms with E-state index in [0.29, 0.717) is 23.3 Å². The van der Waals surface area contributed by atoms with Crippen molar-refractivity contribution < 1.29 is 4.74 Å². The molecule has 1 rings (SSSR count). The van der Waals surface area contributed by atoms with Crippen molar-refractivity contribution in [1.29, 1.82) is 0 Å². The minimum Gasteiger partial charge on any atom is -0.495 e. The van der Waals surface area contributed by atoms with Gasteiger partial charge in [-0.05, 0) is 44.3 Å². The van der Waals surface area contributed by atoms with E-state index in [1.165, 1.54) is 0 Å². The fraction of sp³-hybridized carbons (Fsp3) is 0.533. The zero-order valence-electron chi connectivity index (χ0n) is 13.4. The van der Waals surface area contributed by atoms with Gasteiger partial charge in [0, 0.05) is 12.2 Å². The summed E-state index contributed by atoms with van der Waals surface area (Å²) in [6.45, 7) is 8.21. The third-order valence-corrected chi connectivity index (χ3v) is 3.53. The van der Waals surface area contributed by atoms with Gasteiger partial charge in [-0.3, -0.25) is 4.99 Å². The number of halogens is 2. The molecule has 0 heterocycles. The largest absolute Gasteiger partial charge is 0.495 e. The number of anilines is 1. The van der Waals surface area contributed by atoms with Crippen molar-refractivity contribution in [3.05, 3.63) is 23.2 Å². The predicted octanol–water partition coefficient (Wildman–Crippen LogP) is 3.43. The molecule has 7 heteroatoms. The zero-order chi connectivity index (χ0) is 15.7. The molecule has 0 amide bonds. The van der Waals surface area contributed by atoms with E-state index >= 15 is 0 Å². The van der Waals surface area contributed by atoms with Gasteiger partial charge in [0.15, 0.2) is 5.96 Å². The van der Waals surface area contributed by atoms with Gasteiger partial charge in [-0.25, -0.2) is 0 Å². The lowest BCUT2D eigenvalue weighted by molar-refractivity contribution is 0.302. The second-order valence-corrected chi connectivity index (χ2v) is 5.03. The summed E-state index contributed by atoms with van der Waals surface area (Å²) in [6.07, 6.45) is 0.993. The van der Waals surface area contributed by atoms with Crippen molar-refractivity contribution >= 4 is 47.2 Å². The Morgan fingerprint density at radius 2 is 2.05 bits per heavy atom. The molecule has 0 atom stereocenters. The number of aliphatic imine (C=N–C) groups is 1. The van der Waals surface area contributed by atoms with Crippen LogP contribution in [0.4, 0.5) is 5.69 Å². The molecule has 1 aromatic rings. The lowest BCUT2D eigenvalue weighted by Crippen LogP contribution is -2.26. The highest BCUT2D eigenvalue weighted by atomic mass is 127. The quantitative estimate of drug-likeness (QED) is 0.281. The second kappa shape index (κ2) is 11.8. The van der Waals surface area contributed by atoms with Gasteiger partial charge in [0.1, 0.15) is 5.75 Å². The molecule has 22 heavy (non-hydrogen) atoms. The average Bonchev–Trinajstić information content (AvgIpc) is 2.47. The van der Waals surface area contributed by atoms with Gasteiger partial charge >= 0.3 is 0 Å². The molecule has 126 valence electrons. The highest BCUT2D eigenvalue weighted by Crippen LogP contribution is 2.26. The summed E-state index contributed by atoms with van der Waals surface area (Å²) >= 11 is 6.06. The Balaban J connectivity index is 0.00000441. The molecule has 0 saturated carbocycles. The molecule has 0 radical (unpaired) electrons. The van der Waals surface area contributed by atoms with Gasteiger partial charge < -0.3 is 20.7 Å². The van der Waals surface area contributed by atoms with Gasteiger partial charge in [-0.1, -0.05) is 25.4 Å². The van der Waals surface area contributed by atoms with Crippen LogP contribution in [0, 0.1) is 0 Å². The summed E-state index contributed by atoms with van der Waals surface area (Å²) in [5.41, 5.74) is 6.66. The van der Waals surface area contributed by atoms with E-state index in [4.69, 9.17) is 22.1 Å². The molecular weight excluding hydrogens is 415 g/mol. The smallest absolute Gasteiger partial charge is 0.193 e. The monoisotopic (exact) mass is 440 g/mol. The molecule has 1 aromatic carbocycles. The highest BCUT2D eigenvalue weighted by molar-refractivity contribution is 14.0. The molecule has 0 saturated heterocycles. The second-order valence-electron chi connectivity index (χ2n) is 4.62. The van der Waals surface area contributed by atoms with Crippen molar-refractivity contribution in [2.75, 3.05) is 38.6 Å². The maximum Gasteiger partial charge on any atom is 0.193 e. The van der Waals surface area contributed by atoms with Gasteiger partial charge in [-0.2, -0.15) is 0 Å². The topological polar surface area (TPSA) is 62.9 Å². The molecule has 0 aliphatic rings. The van der Waals surface area contributed by atoms with Crippen LogP contribution < -0.4 is 15.8 Å². The molecule has 5 nitrogen and oxygen atoms in total. The number of methoxy groups -OCH3 is 1. The first-order chi connectivity index (χ1) is 10.1. The third kappa shape index (κ3) is 7.51. The Bertz CT molecular complexity index is 467. The van der Waals surface area contributed by atoms with Crippen LogP contribution in [0.3, 0.4) is 0 Å². The fourth-order valence-corrected chi connectivity index (χ4v) is 2.22. The van der Waals surface area contributed by atoms with E-state index in [1.807, 2.05) is 6.07 Å². The lowest BCUT2D eigenvalue weighted by atomic mass is 10.3. The molecule has 0 aliphatic carbocycles. The van der Waals surface area contributed by atoms with Gasteiger partial charge in [0.05, 0.1) is 12.1 Å². The van der Waals surface area contributed by atoms with E-state index in [0.717, 1.165) is 31.7 Å². The Morgan fingerprint density at radius 3 is 2.59 bits per heavy atom. The number of hydrogen-bond donors (Lipinski definition) is 2. The summed E-state index contributed by atoms with van der Waals surface area (Å²) in [5.74, 6) is 1.03. The Morgan fingerprint density at radius 1 is 1.36 bits per heavy atom. The minimum absolute atomic E-state index is 0. The number of nitrogens with zero attached hydrogens (tertiary/aromatic N) is 2. The van der Waals surface area contributed by atoms with Gasteiger partial charge in [-0.15, -0.1) is 24.0 Å². The van der Waals surface area contributed by atoms with Gasteiger partial charge in [0.25, 0.3) is 0 Å². The van der Waals surface area contributed by atoms with E-state index in [-0.39, 0.29) is 24.0 Å². The maximum absolute atomic E-state index is 6.06. The maximum atomic E-state index is 6.06. The van der Waals surface area contributed by atoms with Crippen LogP contribution in [0.25, 0.3) is 0 Å². The standard InChI is InChI=1S/C15H25ClN4O.HI/c1-4-20(5-2)10-6-9-18-15(17)19-12-7-8-14(21-3)13(16)11-12;/h7-8,11H,4-6,9-10H2,1-3H3,(H3,17,18,19);1H. The first-order valence-electron chi connectivity index (χ1n) is 7.23. The van der Waals surface area contributed by atoms with Crippen LogP contribution in [0.5, 0.6) is 5.75 Å². The van der Waals surface area contributed by atoms with Gasteiger partial charge in [0.2, 0.25) is 0 Å². The molecule has 0 unspecified atom stereocenters. The number of nitrogens with two attached hydrogens (primary N) is 1. The van der Waals surface area contributed by atoms with Crippen molar-refractivity contribution in [3.8, 4) is 5.75 Å². The summed E-state index contributed by atoms with van der Waals surface area (Å²) in [5, 5.41) is 3.56. The highest BCUT2D eigenvalue weighted by Gasteiger charge is 2.02. The molecule has 0 bridgehead atoms. The van der Waals surface area contributed by atoms with Crippen LogP contribution in [0.1, 0.15) is 20.3 Å². The third-order valence-electron chi connectivity index (χ3n) is 3.23. The first kappa shape index (κ1) is 21.3. The molecule has 0 aliphatic heterocycles. The number of benzene rings is 1. The van der Waals surface area contributed by atoms with Crippen molar-refractivity contribution in [1.82, 2.24) is 4.90 Å². The molecular formula is C15H26ClIN4O. The van der Waals surface area contributed by atoms with Crippen molar-refractivity contribution in [2.24, 2.45) is 10.7 Å². The number of hydrogen-bond acceptors (Lipinski definition) is 3. The molecule has 0 spiro atoms. The van der Waals surface area contributed by atoms with E-state index in [9.17, 15) is 0 Å². The summed E-state index contributed by atoms with van der Waals surface area (Å²) < 4.78 is 5.10. The minimum atomic E-state index is 0. The normalized spacial score (nSPS) is 11.2. The van der Waals surface area contributed by atoms with Crippen LogP contribution in [-0.2, 0) is 0 Å². The van der Waals surface area contributed by atoms with Crippen LogP contribution in [0.15, 0.2) is 23.2 Å². The lowest BCUT2D eigenvalue weighted by Gasteiger charge is -2.16. The summed E-state index contributed by atoms with van der Waals surface area (Å²) in [4.78, 5) is 6.68. The molecule has 0 aromatic heterocycles. The SMILES string of the molecule is CCN(CC)CCCN=C(N)Nc1ccc(OC)c(Cl)c1.I. The number of ether oxygens (including phenoxy) is 1. The Hall–Kier alpha value is -0.730. The van der Waals surface area contributed by atoms with Crippen LogP contribution >= 0.6 is 35.6 Å². The fourth-order valence-electron chi connectivity index (χ4n) is 1.97. The van der Waals surface area contributed by atoms with Crippen molar-refractivity contribution in [3.63, 3.8) is 0 Å². The van der Waals surface area contributed by atoms with E-state index in [1.54, 1.807) is 19.2 Å². The zero-order valence-corrected chi connectivity index (χ0v) is 16.5.